The molecule has 5 heterocycles. The van der Waals surface area contributed by atoms with E-state index in [9.17, 15) is 4.79 Å². The van der Waals surface area contributed by atoms with Gasteiger partial charge in [0.25, 0.3) is 5.91 Å². The molecule has 1 saturated heterocycles. The van der Waals surface area contributed by atoms with Gasteiger partial charge in [-0.2, -0.15) is 0 Å². The van der Waals surface area contributed by atoms with Gasteiger partial charge in [-0.1, -0.05) is 0 Å². The average molecular weight is 461 g/mol. The zero-order valence-electron chi connectivity index (χ0n) is 21.1. The fraction of sp³-hybridized carbons (Fsp3) is 0.261. The third-order valence-electron chi connectivity index (χ3n) is 7.12. The molecule has 8 nitrogen and oxygen atoms in total. The monoisotopic (exact) mass is 461 g/mol. The van der Waals surface area contributed by atoms with E-state index in [1.54, 1.807) is 18.5 Å². The van der Waals surface area contributed by atoms with Gasteiger partial charge in [0.1, 0.15) is 48.8 Å². The van der Waals surface area contributed by atoms with Gasteiger partial charge in [-0.05, 0) is 54.7 Å². The lowest BCUT2D eigenvalue weighted by Crippen LogP contribution is -2.56. The van der Waals surface area contributed by atoms with Crippen molar-refractivity contribution < 1.29 is 4.79 Å². The molecule has 1 fully saturated rings. The highest BCUT2D eigenvalue weighted by Gasteiger charge is 2.44. The van der Waals surface area contributed by atoms with Crippen LogP contribution in [0, 0.1) is 6.92 Å². The maximum atomic E-state index is 13.2. The topological polar surface area (TPSA) is 88.8 Å². The number of anilines is 2. The highest BCUT2D eigenvalue weighted by molar-refractivity contribution is 6.48. The molecule has 0 spiro atoms. The van der Waals surface area contributed by atoms with E-state index in [-0.39, 0.29) is 16.6 Å². The van der Waals surface area contributed by atoms with E-state index in [4.69, 9.17) is 0 Å². The van der Waals surface area contributed by atoms with Gasteiger partial charge in [-0.15, -0.1) is 0 Å². The summed E-state index contributed by atoms with van der Waals surface area (Å²) >= 11 is 0. The summed E-state index contributed by atoms with van der Waals surface area (Å²) in [5.41, 5.74) is 3.25. The molecule has 1 amide bonds. The molecule has 12 heteroatoms. The molecule has 1 aliphatic heterocycles. The van der Waals surface area contributed by atoms with Crippen LogP contribution in [0.25, 0.3) is 22.2 Å². The van der Waals surface area contributed by atoms with Gasteiger partial charge in [0.2, 0.25) is 0 Å². The van der Waals surface area contributed by atoms with Crippen molar-refractivity contribution in [2.45, 2.75) is 30.4 Å². The highest BCUT2D eigenvalue weighted by atomic mass is 16.1. The molecule has 1 aliphatic rings. The number of carbonyl (C=O) groups excluding carboxylic acids is 1. The summed E-state index contributed by atoms with van der Waals surface area (Å²) in [6, 6.07) is 7.50. The minimum absolute atomic E-state index is 0.0252. The Morgan fingerprint density at radius 1 is 0.971 bits per heavy atom. The Morgan fingerprint density at radius 2 is 1.71 bits per heavy atom. The lowest BCUT2D eigenvalue weighted by atomic mass is 9.58. The Bertz CT molecular complexity index is 1440. The second-order valence-corrected chi connectivity index (χ2v) is 10.6. The number of nitrogens with one attached hydrogen (secondary N) is 1. The number of nitrogens with zero attached hydrogens (tertiary/aromatic N) is 6. The molecule has 1 N–H and O–H groups in total. The largest absolute Gasteiger partial charge is 0.377 e. The molecular weight excluding hydrogens is 434 g/mol. The maximum absolute atomic E-state index is 13.2. The van der Waals surface area contributed by atoms with Crippen LogP contribution in [0.5, 0.6) is 0 Å². The fourth-order valence-electron chi connectivity index (χ4n) is 5.16. The predicted octanol–water partition coefficient (Wildman–Crippen LogP) is -0.574. The third-order valence-corrected chi connectivity index (χ3v) is 7.12. The Kier molecular flexibility index (Phi) is 5.49. The van der Waals surface area contributed by atoms with Crippen molar-refractivity contribution >= 4 is 59.8 Å². The summed E-state index contributed by atoms with van der Waals surface area (Å²) in [6.45, 7) is 1.96. The molecular formula is C23H27B4N7O. The van der Waals surface area contributed by atoms with E-state index >= 15 is 0 Å². The minimum atomic E-state index is -0.221. The van der Waals surface area contributed by atoms with E-state index in [1.807, 2.05) is 49.1 Å². The smallest absolute Gasteiger partial charge is 0.257 e. The van der Waals surface area contributed by atoms with Crippen LogP contribution in [0.4, 0.5) is 11.6 Å². The summed E-state index contributed by atoms with van der Waals surface area (Å²) in [6.07, 6.45) is 9.19. The highest BCUT2D eigenvalue weighted by Crippen LogP contribution is 2.37. The molecule has 4 aromatic heterocycles. The molecule has 172 valence electrons. The summed E-state index contributed by atoms with van der Waals surface area (Å²) in [7, 11) is 10.9. The fourth-order valence-corrected chi connectivity index (χ4v) is 5.16. The lowest BCUT2D eigenvalue weighted by molar-refractivity contribution is 0.102. The first-order valence-electron chi connectivity index (χ1n) is 11.9. The van der Waals surface area contributed by atoms with Gasteiger partial charge in [0.05, 0.1) is 23.6 Å². The zero-order chi connectivity index (χ0) is 25.0. The van der Waals surface area contributed by atoms with Crippen molar-refractivity contribution in [3.05, 3.63) is 60.4 Å². The van der Waals surface area contributed by atoms with Crippen LogP contribution in [0.3, 0.4) is 0 Å². The van der Waals surface area contributed by atoms with Gasteiger partial charge in [-0.3, -0.25) is 9.78 Å². The normalized spacial score (nSPS) is 16.5. The zero-order valence-corrected chi connectivity index (χ0v) is 21.1. The van der Waals surface area contributed by atoms with Crippen LogP contribution >= 0.6 is 0 Å². The van der Waals surface area contributed by atoms with Crippen molar-refractivity contribution in [1.29, 1.82) is 0 Å². The summed E-state index contributed by atoms with van der Waals surface area (Å²) in [4.78, 5) is 33.4. The van der Waals surface area contributed by atoms with Gasteiger partial charge in [-0.25, -0.2) is 15.0 Å². The summed E-state index contributed by atoms with van der Waals surface area (Å²) in [5, 5.41) is 3.78. The molecule has 0 aromatic carbocycles. The first-order valence-corrected chi connectivity index (χ1v) is 11.9. The van der Waals surface area contributed by atoms with Gasteiger partial charge >= 0.3 is 0 Å². The second kappa shape index (κ2) is 8.29. The molecule has 4 aromatic rings. The van der Waals surface area contributed by atoms with Gasteiger partial charge in [0.15, 0.2) is 0 Å². The molecule has 0 aliphatic carbocycles. The van der Waals surface area contributed by atoms with Gasteiger partial charge < -0.3 is 14.8 Å². The standard InChI is InChI=1S/C23H27B4N7O/c1-13-29-12-18(33(13)2)16-7-15-8-19(31-11-17(15)30-10-16)32-21(35)14-3-6-28-20(9-14)34-22(24,25)4-5-23(34,26)27/h3,6-12H,4-5,24-27H2,1-2H3,(H,31,32,35). The Balaban J connectivity index is 1.42. The van der Waals surface area contributed by atoms with Crippen molar-refractivity contribution in [3.63, 3.8) is 0 Å². The van der Waals surface area contributed by atoms with E-state index in [1.165, 1.54) is 0 Å². The number of imidazole rings is 1. The number of fused-ring (bicyclic) bond motifs is 1. The van der Waals surface area contributed by atoms with E-state index in [0.29, 0.717) is 11.4 Å². The Hall–Kier alpha value is -3.55. The minimum Gasteiger partial charge on any atom is -0.377 e. The number of carbonyl (C=O) groups is 1. The number of hydrogen-bond donors (Lipinski definition) is 1. The molecule has 0 bridgehead atoms. The van der Waals surface area contributed by atoms with Crippen molar-refractivity contribution in [1.82, 2.24) is 24.5 Å². The van der Waals surface area contributed by atoms with Crippen LogP contribution in [0.15, 0.2) is 49.1 Å². The predicted molar refractivity (Wildman–Crippen MR) is 150 cm³/mol. The number of hydrogen-bond acceptors (Lipinski definition) is 6. The number of pyridine rings is 3. The first-order chi connectivity index (χ1) is 16.5. The molecule has 0 saturated carbocycles. The number of aromatic nitrogens is 5. The van der Waals surface area contributed by atoms with Crippen LogP contribution in [-0.4, -0.2) is 72.5 Å². The summed E-state index contributed by atoms with van der Waals surface area (Å²) < 4.78 is 2.02. The van der Waals surface area contributed by atoms with E-state index < -0.39 is 0 Å². The molecule has 0 unspecified atom stereocenters. The van der Waals surface area contributed by atoms with Crippen LogP contribution in [-0.2, 0) is 7.05 Å². The lowest BCUT2D eigenvalue weighted by Gasteiger charge is -2.43. The maximum Gasteiger partial charge on any atom is 0.257 e. The van der Waals surface area contributed by atoms with Crippen molar-refractivity contribution in [3.8, 4) is 11.3 Å². The van der Waals surface area contributed by atoms with E-state index in [2.05, 4.69) is 61.5 Å². The third kappa shape index (κ3) is 4.22. The molecule has 0 atom stereocenters. The number of amides is 1. The van der Waals surface area contributed by atoms with Crippen molar-refractivity contribution in [2.75, 3.05) is 10.2 Å². The average Bonchev–Trinajstić information content (AvgIpc) is 3.26. The Labute approximate surface area is 208 Å². The number of aryl methyl sites for hydroxylation is 1. The van der Waals surface area contributed by atoms with Crippen LogP contribution in [0.2, 0.25) is 0 Å². The number of rotatable bonds is 4. The second-order valence-electron chi connectivity index (χ2n) is 10.6. The van der Waals surface area contributed by atoms with Gasteiger partial charge in [0, 0.05) is 36.0 Å². The van der Waals surface area contributed by atoms with Crippen LogP contribution in [0.1, 0.15) is 29.0 Å². The first kappa shape index (κ1) is 23.2. The Morgan fingerprint density at radius 3 is 2.40 bits per heavy atom. The quantitative estimate of drug-likeness (QED) is 0.410. The van der Waals surface area contributed by atoms with E-state index in [0.717, 1.165) is 46.6 Å². The molecule has 0 radical (unpaired) electrons. The van der Waals surface area contributed by atoms with Crippen molar-refractivity contribution in [2.24, 2.45) is 7.05 Å². The summed E-state index contributed by atoms with van der Waals surface area (Å²) in [5.74, 6) is 2.00. The SMILES string of the molecule is BC1(B)CCC(B)(B)N1c1cc(C(=O)Nc2cc3cc(-c4cnc(C)n4C)cnc3cn2)ccn1. The molecule has 35 heavy (non-hydrogen) atoms. The van der Waals surface area contributed by atoms with Crippen LogP contribution < -0.4 is 10.2 Å². The molecule has 5 rings (SSSR count).